The van der Waals surface area contributed by atoms with Gasteiger partial charge in [-0.2, -0.15) is 0 Å². The molecule has 0 spiro atoms. The third-order valence-electron chi connectivity index (χ3n) is 5.12. The van der Waals surface area contributed by atoms with Gasteiger partial charge in [0.15, 0.2) is 0 Å². The Bertz CT molecular complexity index is 886. The van der Waals surface area contributed by atoms with Gasteiger partial charge in [-0.15, -0.1) is 0 Å². The first-order valence-corrected chi connectivity index (χ1v) is 8.58. The van der Waals surface area contributed by atoms with E-state index in [1.54, 1.807) is 0 Å². The molecule has 1 aliphatic rings. The van der Waals surface area contributed by atoms with Crippen LogP contribution in [0.15, 0.2) is 54.7 Å². The first-order valence-electron chi connectivity index (χ1n) is 8.58. The number of aromatic amines is 1. The summed E-state index contributed by atoms with van der Waals surface area (Å²) in [6.07, 6.45) is 3.81. The third-order valence-corrected chi connectivity index (χ3v) is 5.12. The number of hydrogen-bond donors (Lipinski definition) is 2. The van der Waals surface area contributed by atoms with Crippen molar-refractivity contribution in [3.05, 3.63) is 65.9 Å². The normalized spacial score (nSPS) is 15.6. The van der Waals surface area contributed by atoms with Crippen LogP contribution in [0, 0.1) is 0 Å². The van der Waals surface area contributed by atoms with E-state index in [0.29, 0.717) is 5.92 Å². The number of para-hydroxylation sites is 1. The summed E-state index contributed by atoms with van der Waals surface area (Å²) in [5.41, 5.74) is 3.99. The van der Waals surface area contributed by atoms with Crippen molar-refractivity contribution in [2.75, 3.05) is 5.32 Å². The number of carbonyl (C=O) groups is 1. The van der Waals surface area contributed by atoms with Gasteiger partial charge in [0.1, 0.15) is 0 Å². The van der Waals surface area contributed by atoms with Crippen LogP contribution in [-0.2, 0) is 10.2 Å². The second-order valence-corrected chi connectivity index (χ2v) is 7.06. The summed E-state index contributed by atoms with van der Waals surface area (Å²) < 4.78 is 0. The minimum atomic E-state index is -0.379. The number of fused-ring (bicyclic) bond motifs is 1. The maximum atomic E-state index is 12.9. The first kappa shape index (κ1) is 15.0. The largest absolute Gasteiger partial charge is 0.361 e. The zero-order chi connectivity index (χ0) is 16.7. The van der Waals surface area contributed by atoms with Gasteiger partial charge in [-0.1, -0.05) is 44.2 Å². The number of carbonyl (C=O) groups excluding carboxylic acids is 1. The number of rotatable bonds is 4. The van der Waals surface area contributed by atoms with Crippen LogP contribution in [0.5, 0.6) is 0 Å². The average Bonchev–Trinajstić information content (AvgIpc) is 3.28. The lowest BCUT2D eigenvalue weighted by Gasteiger charge is -2.15. The van der Waals surface area contributed by atoms with E-state index in [1.807, 2.05) is 30.5 Å². The standard InChI is InChI=1S/C21H22N2O/c1-14(2)15-7-9-16(10-8-15)23-20(24)21(11-12-21)18-13-22-19-6-4-3-5-17(18)19/h3-10,13-14,22H,11-12H2,1-2H3,(H,23,24). The summed E-state index contributed by atoms with van der Waals surface area (Å²) in [4.78, 5) is 16.2. The zero-order valence-electron chi connectivity index (χ0n) is 14.1. The summed E-state index contributed by atoms with van der Waals surface area (Å²) in [7, 11) is 0. The molecule has 1 heterocycles. The van der Waals surface area contributed by atoms with E-state index >= 15 is 0 Å². The third kappa shape index (κ3) is 2.41. The van der Waals surface area contributed by atoms with Crippen molar-refractivity contribution < 1.29 is 4.79 Å². The number of benzene rings is 2. The van der Waals surface area contributed by atoms with Crippen LogP contribution in [0.25, 0.3) is 10.9 Å². The van der Waals surface area contributed by atoms with E-state index in [4.69, 9.17) is 0 Å². The molecule has 0 atom stereocenters. The van der Waals surface area contributed by atoms with Crippen LogP contribution in [0.4, 0.5) is 5.69 Å². The van der Waals surface area contributed by atoms with Gasteiger partial charge in [0.25, 0.3) is 0 Å². The summed E-state index contributed by atoms with van der Waals surface area (Å²) >= 11 is 0. The highest BCUT2D eigenvalue weighted by Crippen LogP contribution is 2.51. The van der Waals surface area contributed by atoms with E-state index < -0.39 is 0 Å². The van der Waals surface area contributed by atoms with Gasteiger partial charge in [-0.05, 0) is 48.1 Å². The Morgan fingerprint density at radius 1 is 1.08 bits per heavy atom. The quantitative estimate of drug-likeness (QED) is 0.701. The van der Waals surface area contributed by atoms with Gasteiger partial charge in [0.2, 0.25) is 5.91 Å². The molecule has 3 nitrogen and oxygen atoms in total. The molecule has 1 fully saturated rings. The van der Waals surface area contributed by atoms with Crippen molar-refractivity contribution in [1.29, 1.82) is 0 Å². The maximum Gasteiger partial charge on any atom is 0.235 e. The number of hydrogen-bond acceptors (Lipinski definition) is 1. The average molecular weight is 318 g/mol. The lowest BCUT2D eigenvalue weighted by atomic mass is 9.94. The van der Waals surface area contributed by atoms with Crippen LogP contribution in [0.3, 0.4) is 0 Å². The molecule has 1 aliphatic carbocycles. The molecule has 1 aromatic heterocycles. The first-order chi connectivity index (χ1) is 11.6. The van der Waals surface area contributed by atoms with Crippen molar-refractivity contribution in [3.8, 4) is 0 Å². The lowest BCUT2D eigenvalue weighted by molar-refractivity contribution is -0.118. The maximum absolute atomic E-state index is 12.9. The van der Waals surface area contributed by atoms with Crippen LogP contribution in [-0.4, -0.2) is 10.9 Å². The smallest absolute Gasteiger partial charge is 0.235 e. The fourth-order valence-corrected chi connectivity index (χ4v) is 3.41. The Balaban J connectivity index is 1.60. The topological polar surface area (TPSA) is 44.9 Å². The van der Waals surface area contributed by atoms with Crippen LogP contribution in [0.2, 0.25) is 0 Å². The second-order valence-electron chi connectivity index (χ2n) is 7.06. The van der Waals surface area contributed by atoms with Crippen molar-refractivity contribution in [3.63, 3.8) is 0 Å². The van der Waals surface area contributed by atoms with Crippen molar-refractivity contribution in [2.45, 2.75) is 38.0 Å². The molecule has 0 radical (unpaired) electrons. The highest BCUT2D eigenvalue weighted by atomic mass is 16.2. The van der Waals surface area contributed by atoms with Gasteiger partial charge in [0, 0.05) is 22.8 Å². The molecule has 2 N–H and O–H groups in total. The van der Waals surface area contributed by atoms with Crippen LogP contribution in [0.1, 0.15) is 43.7 Å². The number of amides is 1. The summed E-state index contributed by atoms with van der Waals surface area (Å²) in [6.45, 7) is 4.34. The minimum Gasteiger partial charge on any atom is -0.361 e. The fraction of sp³-hybridized carbons (Fsp3) is 0.286. The molecule has 4 rings (SSSR count). The zero-order valence-corrected chi connectivity index (χ0v) is 14.1. The van der Waals surface area contributed by atoms with Crippen LogP contribution < -0.4 is 5.32 Å². The SMILES string of the molecule is CC(C)c1ccc(NC(=O)C2(c3c[nH]c4ccccc34)CC2)cc1. The Hall–Kier alpha value is -2.55. The lowest BCUT2D eigenvalue weighted by Crippen LogP contribution is -2.27. The molecule has 0 aliphatic heterocycles. The number of H-pyrrole nitrogens is 1. The van der Waals surface area contributed by atoms with E-state index in [0.717, 1.165) is 35.0 Å². The van der Waals surface area contributed by atoms with Gasteiger partial charge in [-0.3, -0.25) is 4.79 Å². The Kier molecular flexibility index (Phi) is 3.45. The van der Waals surface area contributed by atoms with E-state index in [-0.39, 0.29) is 11.3 Å². The molecule has 2 aromatic carbocycles. The molecule has 1 amide bonds. The monoisotopic (exact) mass is 318 g/mol. The molecule has 122 valence electrons. The molecule has 24 heavy (non-hydrogen) atoms. The molecule has 3 heteroatoms. The van der Waals surface area contributed by atoms with E-state index in [1.165, 1.54) is 5.56 Å². The Morgan fingerprint density at radius 2 is 1.79 bits per heavy atom. The van der Waals surface area contributed by atoms with E-state index in [2.05, 4.69) is 48.4 Å². The van der Waals surface area contributed by atoms with Gasteiger partial charge < -0.3 is 10.3 Å². The number of anilines is 1. The van der Waals surface area contributed by atoms with Crippen LogP contribution >= 0.6 is 0 Å². The molecule has 0 saturated heterocycles. The molecule has 0 bridgehead atoms. The Morgan fingerprint density at radius 3 is 2.46 bits per heavy atom. The Labute approximate surface area is 142 Å². The highest BCUT2D eigenvalue weighted by molar-refractivity contribution is 6.04. The summed E-state index contributed by atoms with van der Waals surface area (Å²) in [5.74, 6) is 0.597. The molecule has 1 saturated carbocycles. The molecular formula is C21H22N2O. The van der Waals surface area contributed by atoms with Gasteiger partial charge in [-0.25, -0.2) is 0 Å². The molecule has 0 unspecified atom stereocenters. The van der Waals surface area contributed by atoms with Gasteiger partial charge >= 0.3 is 0 Å². The van der Waals surface area contributed by atoms with Crippen molar-refractivity contribution in [2.24, 2.45) is 0 Å². The predicted molar refractivity (Wildman–Crippen MR) is 98.4 cm³/mol. The second kappa shape index (κ2) is 5.52. The highest BCUT2D eigenvalue weighted by Gasteiger charge is 2.52. The number of aromatic nitrogens is 1. The molecule has 3 aromatic rings. The van der Waals surface area contributed by atoms with Gasteiger partial charge in [0.05, 0.1) is 5.41 Å². The summed E-state index contributed by atoms with van der Waals surface area (Å²) in [6, 6.07) is 16.4. The summed E-state index contributed by atoms with van der Waals surface area (Å²) in [5, 5.41) is 4.26. The predicted octanol–water partition coefficient (Wildman–Crippen LogP) is 4.96. The fourth-order valence-electron chi connectivity index (χ4n) is 3.41. The van der Waals surface area contributed by atoms with Crippen molar-refractivity contribution >= 4 is 22.5 Å². The minimum absolute atomic E-state index is 0.101. The van der Waals surface area contributed by atoms with Crippen molar-refractivity contribution in [1.82, 2.24) is 4.98 Å². The number of nitrogens with one attached hydrogen (secondary N) is 2. The van der Waals surface area contributed by atoms with E-state index in [9.17, 15) is 4.79 Å². The molecular weight excluding hydrogens is 296 g/mol.